The maximum Gasteiger partial charge on any atom is 0.258 e. The Morgan fingerprint density at radius 1 is 1.18 bits per heavy atom. The molecule has 0 aliphatic carbocycles. The van der Waals surface area contributed by atoms with Crippen molar-refractivity contribution in [2.75, 3.05) is 6.61 Å². The number of hydrogen-bond acceptors (Lipinski definition) is 3. The molecule has 5 heteroatoms. The molecular weight excluding hydrogens is 278 g/mol. The third-order valence-electron chi connectivity index (χ3n) is 3.31. The molecule has 0 saturated carbocycles. The average molecular weight is 295 g/mol. The summed E-state index contributed by atoms with van der Waals surface area (Å²) >= 11 is 0. The molecule has 5 nitrogen and oxygen atoms in total. The summed E-state index contributed by atoms with van der Waals surface area (Å²) in [6.45, 7) is 1.87. The summed E-state index contributed by atoms with van der Waals surface area (Å²) in [5, 5.41) is 2.87. The van der Waals surface area contributed by atoms with E-state index in [1.165, 1.54) is 0 Å². The largest absolute Gasteiger partial charge is 0.484 e. The first kappa shape index (κ1) is 14.1. The fourth-order valence-corrected chi connectivity index (χ4v) is 2.19. The quantitative estimate of drug-likeness (QED) is 0.760. The Labute approximate surface area is 128 Å². The summed E-state index contributed by atoms with van der Waals surface area (Å²) in [5.74, 6) is 1.22. The van der Waals surface area contributed by atoms with Crippen LogP contribution in [0.3, 0.4) is 0 Å². The molecule has 0 spiro atoms. The topological polar surface area (TPSA) is 67.0 Å². The van der Waals surface area contributed by atoms with Crippen molar-refractivity contribution in [1.29, 1.82) is 0 Å². The molecule has 0 unspecified atom stereocenters. The number of hydrogen-bond donors (Lipinski definition) is 2. The van der Waals surface area contributed by atoms with Crippen LogP contribution in [0.5, 0.6) is 5.75 Å². The van der Waals surface area contributed by atoms with Gasteiger partial charge in [0.2, 0.25) is 0 Å². The van der Waals surface area contributed by atoms with E-state index in [0.29, 0.717) is 5.75 Å². The Bertz CT molecular complexity index is 735. The second-order valence-electron chi connectivity index (χ2n) is 5.03. The average Bonchev–Trinajstić information content (AvgIpc) is 2.98. The number of aromatic nitrogens is 2. The lowest BCUT2D eigenvalue weighted by Gasteiger charge is -2.12. The molecule has 112 valence electrons. The predicted molar refractivity (Wildman–Crippen MR) is 84.6 cm³/mol. The van der Waals surface area contributed by atoms with E-state index in [2.05, 4.69) is 15.3 Å². The zero-order valence-corrected chi connectivity index (χ0v) is 12.2. The van der Waals surface area contributed by atoms with E-state index in [0.717, 1.165) is 16.9 Å². The van der Waals surface area contributed by atoms with Gasteiger partial charge in [-0.25, -0.2) is 4.98 Å². The van der Waals surface area contributed by atoms with Crippen LogP contribution in [0.1, 0.15) is 18.8 Å². The molecule has 0 saturated heterocycles. The lowest BCUT2D eigenvalue weighted by atomic mass is 10.3. The normalized spacial score (nSPS) is 12.0. The van der Waals surface area contributed by atoms with E-state index in [1.807, 2.05) is 61.5 Å². The van der Waals surface area contributed by atoms with E-state index < -0.39 is 0 Å². The van der Waals surface area contributed by atoms with Gasteiger partial charge in [-0.3, -0.25) is 4.79 Å². The van der Waals surface area contributed by atoms with Gasteiger partial charge in [-0.2, -0.15) is 0 Å². The Balaban J connectivity index is 1.58. The van der Waals surface area contributed by atoms with Crippen LogP contribution in [0.2, 0.25) is 0 Å². The van der Waals surface area contributed by atoms with E-state index >= 15 is 0 Å². The number of H-pyrrole nitrogens is 1. The van der Waals surface area contributed by atoms with Crippen LogP contribution in [0.4, 0.5) is 0 Å². The van der Waals surface area contributed by atoms with Crippen molar-refractivity contribution in [2.24, 2.45) is 0 Å². The summed E-state index contributed by atoms with van der Waals surface area (Å²) in [6.07, 6.45) is 0. The highest BCUT2D eigenvalue weighted by Gasteiger charge is 2.13. The summed E-state index contributed by atoms with van der Waals surface area (Å²) < 4.78 is 5.42. The standard InChI is InChI=1S/C17H17N3O2/c1-12(17-19-14-9-5-6-10-15(14)20-17)18-16(21)11-22-13-7-3-2-4-8-13/h2-10,12H,11H2,1H3,(H,18,21)(H,19,20)/t12-/m0/s1. The monoisotopic (exact) mass is 295 g/mol. The van der Waals surface area contributed by atoms with Gasteiger partial charge >= 0.3 is 0 Å². The number of imidazole rings is 1. The molecule has 0 aliphatic heterocycles. The molecule has 3 rings (SSSR count). The van der Waals surface area contributed by atoms with Gasteiger partial charge in [-0.15, -0.1) is 0 Å². The highest BCUT2D eigenvalue weighted by atomic mass is 16.5. The number of nitrogens with one attached hydrogen (secondary N) is 2. The number of benzene rings is 2. The van der Waals surface area contributed by atoms with Crippen LogP contribution >= 0.6 is 0 Å². The molecule has 1 aromatic heterocycles. The zero-order chi connectivity index (χ0) is 15.4. The van der Waals surface area contributed by atoms with Gasteiger partial charge in [0, 0.05) is 0 Å². The summed E-state index contributed by atoms with van der Waals surface area (Å²) in [7, 11) is 0. The summed E-state index contributed by atoms with van der Waals surface area (Å²) in [6, 6.07) is 16.8. The second-order valence-corrected chi connectivity index (χ2v) is 5.03. The third-order valence-corrected chi connectivity index (χ3v) is 3.31. The molecule has 0 aliphatic rings. The number of rotatable bonds is 5. The van der Waals surface area contributed by atoms with Crippen molar-refractivity contribution < 1.29 is 9.53 Å². The van der Waals surface area contributed by atoms with E-state index in [-0.39, 0.29) is 18.6 Å². The third kappa shape index (κ3) is 3.25. The molecule has 0 fully saturated rings. The number of carbonyl (C=O) groups is 1. The maximum absolute atomic E-state index is 11.9. The second kappa shape index (κ2) is 6.30. The van der Waals surface area contributed by atoms with Gasteiger partial charge in [0.25, 0.3) is 5.91 Å². The number of fused-ring (bicyclic) bond motifs is 1. The van der Waals surface area contributed by atoms with E-state index in [1.54, 1.807) is 0 Å². The smallest absolute Gasteiger partial charge is 0.258 e. The van der Waals surface area contributed by atoms with Gasteiger partial charge in [0.05, 0.1) is 17.1 Å². The van der Waals surface area contributed by atoms with Gasteiger partial charge in [-0.05, 0) is 31.2 Å². The zero-order valence-electron chi connectivity index (χ0n) is 12.2. The Morgan fingerprint density at radius 2 is 1.91 bits per heavy atom. The number of aromatic amines is 1. The van der Waals surface area contributed by atoms with Crippen molar-refractivity contribution in [2.45, 2.75) is 13.0 Å². The van der Waals surface area contributed by atoms with Crippen LogP contribution in [-0.4, -0.2) is 22.5 Å². The molecule has 2 N–H and O–H groups in total. The summed E-state index contributed by atoms with van der Waals surface area (Å²) in [5.41, 5.74) is 1.85. The first-order chi connectivity index (χ1) is 10.7. The number of ether oxygens (including phenoxy) is 1. The van der Waals surface area contributed by atoms with Crippen LogP contribution in [-0.2, 0) is 4.79 Å². The van der Waals surface area contributed by atoms with Crippen LogP contribution in [0.15, 0.2) is 54.6 Å². The van der Waals surface area contributed by atoms with Crippen molar-refractivity contribution in [3.8, 4) is 5.75 Å². The SMILES string of the molecule is C[C@H](NC(=O)COc1ccccc1)c1nc2ccccc2[nH]1. The molecule has 3 aromatic rings. The van der Waals surface area contributed by atoms with Crippen LogP contribution in [0.25, 0.3) is 11.0 Å². The number of amides is 1. The van der Waals surface area contributed by atoms with Crippen molar-refractivity contribution >= 4 is 16.9 Å². The van der Waals surface area contributed by atoms with Gasteiger partial charge in [0.1, 0.15) is 11.6 Å². The lowest BCUT2D eigenvalue weighted by Crippen LogP contribution is -2.31. The van der Waals surface area contributed by atoms with Crippen molar-refractivity contribution in [3.63, 3.8) is 0 Å². The number of para-hydroxylation sites is 3. The first-order valence-corrected chi connectivity index (χ1v) is 7.14. The Kier molecular flexibility index (Phi) is 4.05. The molecule has 0 bridgehead atoms. The Hall–Kier alpha value is -2.82. The minimum atomic E-state index is -0.209. The van der Waals surface area contributed by atoms with Gasteiger partial charge < -0.3 is 15.0 Å². The minimum Gasteiger partial charge on any atom is -0.484 e. The maximum atomic E-state index is 11.9. The molecule has 2 aromatic carbocycles. The Morgan fingerprint density at radius 3 is 2.68 bits per heavy atom. The van der Waals surface area contributed by atoms with Gasteiger partial charge in [0.15, 0.2) is 6.61 Å². The minimum absolute atomic E-state index is 0.0193. The fraction of sp³-hybridized carbons (Fsp3) is 0.176. The fourth-order valence-electron chi connectivity index (χ4n) is 2.19. The summed E-state index contributed by atoms with van der Waals surface area (Å²) in [4.78, 5) is 19.6. The number of nitrogens with zero attached hydrogens (tertiary/aromatic N) is 1. The molecule has 1 atom stereocenters. The van der Waals surface area contributed by atoms with Crippen LogP contribution < -0.4 is 10.1 Å². The predicted octanol–water partition coefficient (Wildman–Crippen LogP) is 2.82. The highest BCUT2D eigenvalue weighted by Crippen LogP contribution is 2.15. The first-order valence-electron chi connectivity index (χ1n) is 7.14. The van der Waals surface area contributed by atoms with E-state index in [4.69, 9.17) is 4.74 Å². The molecular formula is C17H17N3O2. The molecule has 1 heterocycles. The van der Waals surface area contributed by atoms with Crippen molar-refractivity contribution in [3.05, 3.63) is 60.4 Å². The van der Waals surface area contributed by atoms with E-state index in [9.17, 15) is 4.79 Å². The lowest BCUT2D eigenvalue weighted by molar-refractivity contribution is -0.123. The van der Waals surface area contributed by atoms with Gasteiger partial charge in [-0.1, -0.05) is 30.3 Å². The molecule has 22 heavy (non-hydrogen) atoms. The molecule has 1 amide bonds. The van der Waals surface area contributed by atoms with Crippen LogP contribution in [0, 0.1) is 0 Å². The number of carbonyl (C=O) groups excluding carboxylic acids is 1. The van der Waals surface area contributed by atoms with Crippen molar-refractivity contribution in [1.82, 2.24) is 15.3 Å². The highest BCUT2D eigenvalue weighted by molar-refractivity contribution is 5.78. The molecule has 0 radical (unpaired) electrons.